The van der Waals surface area contributed by atoms with Crippen LogP contribution in [0.3, 0.4) is 0 Å². The lowest BCUT2D eigenvalue weighted by atomic mass is 9.82. The molecular formula is C13H26BF3N2O2. The molecule has 0 bridgehead atoms. The van der Waals surface area contributed by atoms with Crippen molar-refractivity contribution in [3.63, 3.8) is 0 Å². The summed E-state index contributed by atoms with van der Waals surface area (Å²) in [4.78, 5) is 1.49. The van der Waals surface area contributed by atoms with Gasteiger partial charge in [0.05, 0.1) is 0 Å². The van der Waals surface area contributed by atoms with Crippen LogP contribution in [0, 0.1) is 0 Å². The van der Waals surface area contributed by atoms with E-state index in [1.807, 2.05) is 6.92 Å². The zero-order chi connectivity index (χ0) is 16.1. The van der Waals surface area contributed by atoms with Gasteiger partial charge in [-0.2, -0.15) is 13.2 Å². The molecule has 0 radical (unpaired) electrons. The number of nitrogens with zero attached hydrogens (tertiary/aromatic N) is 1. The maximum atomic E-state index is 12.8. The highest BCUT2D eigenvalue weighted by atomic mass is 19.4. The first-order chi connectivity index (χ1) is 9.62. The summed E-state index contributed by atoms with van der Waals surface area (Å²) in [5.74, 6) is 0. The van der Waals surface area contributed by atoms with Crippen LogP contribution in [0.4, 0.5) is 13.2 Å². The van der Waals surface area contributed by atoms with Crippen LogP contribution in [0.15, 0.2) is 0 Å². The molecule has 1 fully saturated rings. The van der Waals surface area contributed by atoms with E-state index in [0.717, 1.165) is 6.42 Å². The zero-order valence-corrected chi connectivity index (χ0v) is 12.6. The lowest BCUT2D eigenvalue weighted by Crippen LogP contribution is -2.45. The summed E-state index contributed by atoms with van der Waals surface area (Å²) in [5.41, 5.74) is 5.62. The molecule has 0 amide bonds. The van der Waals surface area contributed by atoms with Gasteiger partial charge >= 0.3 is 13.3 Å². The number of rotatable bonds is 8. The second-order valence-electron chi connectivity index (χ2n) is 6.37. The molecule has 8 heteroatoms. The van der Waals surface area contributed by atoms with E-state index in [4.69, 9.17) is 15.8 Å². The van der Waals surface area contributed by atoms with Crippen molar-refractivity contribution in [3.8, 4) is 0 Å². The Balaban J connectivity index is 2.32. The minimum absolute atomic E-state index is 0.180. The van der Waals surface area contributed by atoms with E-state index in [9.17, 15) is 13.2 Å². The van der Waals surface area contributed by atoms with E-state index < -0.39 is 24.9 Å². The molecule has 0 aromatic carbocycles. The van der Waals surface area contributed by atoms with Crippen LogP contribution in [0.1, 0.15) is 45.4 Å². The highest BCUT2D eigenvalue weighted by molar-refractivity contribution is 6.40. The van der Waals surface area contributed by atoms with Crippen molar-refractivity contribution >= 4 is 7.12 Å². The van der Waals surface area contributed by atoms with Crippen LogP contribution in [0.25, 0.3) is 0 Å². The van der Waals surface area contributed by atoms with Crippen molar-refractivity contribution in [1.29, 1.82) is 0 Å². The van der Waals surface area contributed by atoms with Crippen LogP contribution in [0.5, 0.6) is 0 Å². The van der Waals surface area contributed by atoms with Crippen molar-refractivity contribution < 1.29 is 23.2 Å². The van der Waals surface area contributed by atoms with E-state index in [2.05, 4.69) is 0 Å². The second kappa shape index (κ2) is 7.81. The van der Waals surface area contributed by atoms with Crippen molar-refractivity contribution in [2.75, 3.05) is 13.1 Å². The largest absolute Gasteiger partial charge is 0.451 e. The van der Waals surface area contributed by atoms with Crippen LogP contribution < -0.4 is 5.73 Å². The van der Waals surface area contributed by atoms with Gasteiger partial charge in [-0.25, -0.2) is 0 Å². The van der Waals surface area contributed by atoms with E-state index >= 15 is 0 Å². The van der Waals surface area contributed by atoms with Gasteiger partial charge < -0.3 is 15.8 Å². The zero-order valence-electron chi connectivity index (χ0n) is 12.6. The van der Waals surface area contributed by atoms with E-state index in [0.29, 0.717) is 45.1 Å². The average Bonchev–Trinajstić information content (AvgIpc) is 2.80. The topological polar surface area (TPSA) is 69.7 Å². The Hall–Kier alpha value is -0.305. The predicted molar refractivity (Wildman–Crippen MR) is 76.7 cm³/mol. The molecule has 0 aliphatic carbocycles. The van der Waals surface area contributed by atoms with E-state index in [-0.39, 0.29) is 6.42 Å². The normalized spacial score (nSPS) is 23.3. The smallest absolute Gasteiger partial charge is 0.427 e. The van der Waals surface area contributed by atoms with Crippen LogP contribution in [-0.2, 0) is 0 Å². The van der Waals surface area contributed by atoms with Gasteiger partial charge in [0, 0.05) is 12.1 Å². The van der Waals surface area contributed by atoms with Crippen LogP contribution in [-0.4, -0.2) is 52.9 Å². The second-order valence-corrected chi connectivity index (χ2v) is 6.37. The number of hydrogen-bond acceptors (Lipinski definition) is 4. The Kier molecular flexibility index (Phi) is 6.97. The lowest BCUT2D eigenvalue weighted by molar-refractivity contribution is -0.176. The predicted octanol–water partition coefficient (Wildman–Crippen LogP) is 1.76. The monoisotopic (exact) mass is 310 g/mol. The molecule has 1 aliphatic heterocycles. The van der Waals surface area contributed by atoms with Gasteiger partial charge in [0.15, 0.2) is 0 Å². The summed E-state index contributed by atoms with van der Waals surface area (Å²) in [7, 11) is -1.30. The number of hydrogen-bond donors (Lipinski definition) is 3. The van der Waals surface area contributed by atoms with Gasteiger partial charge in [-0.1, -0.05) is 12.8 Å². The fourth-order valence-electron chi connectivity index (χ4n) is 2.84. The minimum Gasteiger partial charge on any atom is -0.427 e. The third kappa shape index (κ3) is 6.99. The van der Waals surface area contributed by atoms with Crippen LogP contribution in [0.2, 0.25) is 6.32 Å². The quantitative estimate of drug-likeness (QED) is 0.472. The summed E-state index contributed by atoms with van der Waals surface area (Å²) in [5, 5.41) is 17.5. The van der Waals surface area contributed by atoms with Gasteiger partial charge in [0.2, 0.25) is 0 Å². The minimum atomic E-state index is -4.15. The first-order valence-electron chi connectivity index (χ1n) is 7.57. The Morgan fingerprint density at radius 1 is 1.24 bits per heavy atom. The van der Waals surface area contributed by atoms with Crippen molar-refractivity contribution in [2.45, 2.75) is 69.5 Å². The summed E-state index contributed by atoms with van der Waals surface area (Å²) in [6.45, 7) is 2.69. The molecule has 21 heavy (non-hydrogen) atoms. The van der Waals surface area contributed by atoms with Crippen molar-refractivity contribution in [3.05, 3.63) is 0 Å². The summed E-state index contributed by atoms with van der Waals surface area (Å²) in [6, 6.07) is -1.32. The molecule has 124 valence electrons. The Morgan fingerprint density at radius 3 is 2.48 bits per heavy atom. The maximum absolute atomic E-state index is 12.8. The number of alkyl halides is 3. The van der Waals surface area contributed by atoms with Gasteiger partial charge in [0.25, 0.3) is 0 Å². The molecule has 1 saturated heterocycles. The molecule has 0 aromatic heterocycles. The van der Waals surface area contributed by atoms with Crippen molar-refractivity contribution in [1.82, 2.24) is 4.90 Å². The van der Waals surface area contributed by atoms with Gasteiger partial charge in [-0.05, 0) is 45.5 Å². The Morgan fingerprint density at radius 2 is 1.90 bits per heavy atom. The summed E-state index contributed by atoms with van der Waals surface area (Å²) < 4.78 is 38.5. The Bertz CT molecular complexity index is 314. The summed E-state index contributed by atoms with van der Waals surface area (Å²) >= 11 is 0. The highest BCUT2D eigenvalue weighted by Crippen LogP contribution is 2.33. The Labute approximate surface area is 124 Å². The number of unbranched alkanes of at least 4 members (excludes halogenated alkanes) is 1. The van der Waals surface area contributed by atoms with E-state index in [1.165, 1.54) is 4.90 Å². The molecule has 1 aliphatic rings. The highest BCUT2D eigenvalue weighted by Gasteiger charge is 2.45. The fraction of sp³-hybridized carbons (Fsp3) is 1.00. The summed E-state index contributed by atoms with van der Waals surface area (Å²) in [6.07, 6.45) is -0.506. The molecule has 1 heterocycles. The van der Waals surface area contributed by atoms with Gasteiger partial charge in [-0.15, -0.1) is 0 Å². The molecule has 2 atom stereocenters. The number of likely N-dealkylation sites (tertiary alicyclic amines) is 1. The molecular weight excluding hydrogens is 284 g/mol. The molecule has 4 nitrogen and oxygen atoms in total. The van der Waals surface area contributed by atoms with Crippen LogP contribution >= 0.6 is 0 Å². The molecule has 0 aromatic rings. The first-order valence-corrected chi connectivity index (χ1v) is 7.57. The number of halogens is 3. The third-order valence-corrected chi connectivity index (χ3v) is 4.17. The third-order valence-electron chi connectivity index (χ3n) is 4.17. The maximum Gasteiger partial charge on any atom is 0.451 e. The van der Waals surface area contributed by atoms with E-state index in [1.54, 1.807) is 0 Å². The fourth-order valence-corrected chi connectivity index (χ4v) is 2.84. The van der Waals surface area contributed by atoms with Crippen molar-refractivity contribution in [2.24, 2.45) is 5.73 Å². The molecule has 0 saturated carbocycles. The average molecular weight is 310 g/mol. The SMILES string of the molecule is CC(N)(CCCCB(O)O)CCN1CCC[C@@H]1C(F)(F)F. The molecule has 1 unspecified atom stereocenters. The molecule has 1 rings (SSSR count). The molecule has 0 spiro atoms. The molecule has 4 N–H and O–H groups in total. The standard InChI is InChI=1S/C13H26BF3N2O2/c1-12(18,6-2-3-8-14(20)21)7-10-19-9-4-5-11(19)13(15,16)17/h11,20-21H,2-10,18H2,1H3/t11-,12?/m1/s1. The van der Waals surface area contributed by atoms with Gasteiger partial charge in [0.1, 0.15) is 6.04 Å². The first kappa shape index (κ1) is 18.7. The lowest BCUT2D eigenvalue weighted by Gasteiger charge is -2.31. The van der Waals surface area contributed by atoms with Gasteiger partial charge in [-0.3, -0.25) is 4.90 Å². The number of nitrogens with two attached hydrogens (primary N) is 1.